The normalized spacial score (nSPS) is 16.3. The van der Waals surface area contributed by atoms with Gasteiger partial charge in [-0.25, -0.2) is 0 Å². The van der Waals surface area contributed by atoms with Crippen LogP contribution in [0.5, 0.6) is 5.75 Å². The van der Waals surface area contributed by atoms with E-state index < -0.39 is 17.2 Å². The van der Waals surface area contributed by atoms with E-state index in [1.807, 2.05) is 18.2 Å². The number of hydrogen-bond donors (Lipinski definition) is 2. The minimum Gasteiger partial charge on any atom is -0.502 e. The number of pyridine rings is 1. The van der Waals surface area contributed by atoms with Gasteiger partial charge in [-0.15, -0.1) is 0 Å². The van der Waals surface area contributed by atoms with Crippen molar-refractivity contribution >= 4 is 16.8 Å². The third-order valence-electron chi connectivity index (χ3n) is 5.18. The zero-order valence-corrected chi connectivity index (χ0v) is 14.5. The Bertz CT molecular complexity index is 1070. The van der Waals surface area contributed by atoms with Crippen molar-refractivity contribution in [3.8, 4) is 5.75 Å². The third kappa shape index (κ3) is 2.56. The summed E-state index contributed by atoms with van der Waals surface area (Å²) in [7, 11) is 1.59. The second-order valence-electron chi connectivity index (χ2n) is 6.72. The summed E-state index contributed by atoms with van der Waals surface area (Å²) in [6, 6.07) is 15.1. The molecule has 1 aliphatic rings. The first-order chi connectivity index (χ1) is 12.6. The average molecular weight is 348 g/mol. The minimum atomic E-state index is -0.571. The van der Waals surface area contributed by atoms with Crippen molar-refractivity contribution in [2.24, 2.45) is 7.05 Å². The quantitative estimate of drug-likeness (QED) is 0.748. The number of amides is 1. The van der Waals surface area contributed by atoms with Crippen molar-refractivity contribution < 1.29 is 9.90 Å². The number of aryl methyl sites for hydroxylation is 2. The van der Waals surface area contributed by atoms with Crippen molar-refractivity contribution in [1.29, 1.82) is 0 Å². The maximum Gasteiger partial charge on any atom is 0.293 e. The molecule has 0 spiro atoms. The number of carbonyl (C=O) groups excluding carboxylic acids is 1. The van der Waals surface area contributed by atoms with Gasteiger partial charge in [-0.3, -0.25) is 9.59 Å². The first-order valence-corrected chi connectivity index (χ1v) is 8.77. The Balaban J connectivity index is 1.78. The van der Waals surface area contributed by atoms with E-state index in [9.17, 15) is 14.7 Å². The van der Waals surface area contributed by atoms with Crippen LogP contribution in [-0.2, 0) is 13.5 Å². The second kappa shape index (κ2) is 6.33. The molecule has 1 aromatic heterocycles. The lowest BCUT2D eigenvalue weighted by Crippen LogP contribution is -2.32. The van der Waals surface area contributed by atoms with Crippen LogP contribution >= 0.6 is 0 Å². The maximum atomic E-state index is 13.0. The Kier molecular flexibility index (Phi) is 3.99. The smallest absolute Gasteiger partial charge is 0.293 e. The van der Waals surface area contributed by atoms with Crippen LogP contribution in [0.3, 0.4) is 0 Å². The standard InChI is InChI=1S/C21H20N2O3/c1-23-17-12-5-4-10-15(17)18(19(24)21(23)26)20(25)22-16-11-6-8-13-7-2-3-9-14(13)16/h2-5,7,9-10,12,16,24H,6,8,11H2,1H3,(H,22,25)/t16-/m1/s1. The summed E-state index contributed by atoms with van der Waals surface area (Å²) in [5.74, 6) is -0.925. The number of aromatic nitrogens is 1. The van der Waals surface area contributed by atoms with Crippen LogP contribution in [0, 0.1) is 0 Å². The van der Waals surface area contributed by atoms with Crippen LogP contribution in [0.4, 0.5) is 0 Å². The van der Waals surface area contributed by atoms with Gasteiger partial charge in [0.15, 0.2) is 5.75 Å². The number of fused-ring (bicyclic) bond motifs is 2. The number of benzene rings is 2. The lowest BCUT2D eigenvalue weighted by atomic mass is 9.87. The highest BCUT2D eigenvalue weighted by atomic mass is 16.3. The number of carbonyl (C=O) groups is 1. The summed E-state index contributed by atoms with van der Waals surface area (Å²) in [5, 5.41) is 14.0. The lowest BCUT2D eigenvalue weighted by Gasteiger charge is -2.26. The predicted octanol–water partition coefficient (Wildman–Crippen LogP) is 3.05. The van der Waals surface area contributed by atoms with Gasteiger partial charge >= 0.3 is 0 Å². The Morgan fingerprint density at radius 2 is 1.88 bits per heavy atom. The molecule has 2 N–H and O–H groups in total. The molecule has 1 atom stereocenters. The minimum absolute atomic E-state index is 0.0479. The first kappa shape index (κ1) is 16.4. The lowest BCUT2D eigenvalue weighted by molar-refractivity contribution is 0.0931. The molecule has 0 bridgehead atoms. The van der Waals surface area contributed by atoms with E-state index >= 15 is 0 Å². The fourth-order valence-corrected chi connectivity index (χ4v) is 3.84. The number of nitrogens with zero attached hydrogens (tertiary/aromatic N) is 1. The number of hydrogen-bond acceptors (Lipinski definition) is 3. The molecule has 0 unspecified atom stereocenters. The summed E-state index contributed by atoms with van der Waals surface area (Å²) in [4.78, 5) is 25.3. The van der Waals surface area contributed by atoms with Crippen molar-refractivity contribution in [2.75, 3.05) is 0 Å². The number of nitrogens with one attached hydrogen (secondary N) is 1. The SMILES string of the molecule is Cn1c(=O)c(O)c(C(=O)N[C@@H]2CCCc3ccccc32)c2ccccc21. The molecule has 132 valence electrons. The Labute approximate surface area is 150 Å². The van der Waals surface area contributed by atoms with Gasteiger partial charge in [0, 0.05) is 12.4 Å². The van der Waals surface area contributed by atoms with Crippen LogP contribution in [0.25, 0.3) is 10.9 Å². The molecular weight excluding hydrogens is 328 g/mol. The largest absolute Gasteiger partial charge is 0.502 e. The maximum absolute atomic E-state index is 13.0. The number of aromatic hydroxyl groups is 1. The van der Waals surface area contributed by atoms with Crippen LogP contribution in [0.1, 0.15) is 40.4 Å². The zero-order valence-electron chi connectivity index (χ0n) is 14.5. The molecular formula is C21H20N2O3. The van der Waals surface area contributed by atoms with Crippen LogP contribution < -0.4 is 10.9 Å². The summed E-state index contributed by atoms with van der Waals surface area (Å²) < 4.78 is 1.36. The highest BCUT2D eigenvalue weighted by Gasteiger charge is 2.25. The molecule has 26 heavy (non-hydrogen) atoms. The van der Waals surface area contributed by atoms with Crippen molar-refractivity contribution in [3.05, 3.63) is 75.6 Å². The summed E-state index contributed by atoms with van der Waals surface area (Å²) in [6.45, 7) is 0. The van der Waals surface area contributed by atoms with Crippen LogP contribution in [-0.4, -0.2) is 15.6 Å². The average Bonchev–Trinajstić information content (AvgIpc) is 2.67. The van der Waals surface area contributed by atoms with E-state index in [4.69, 9.17) is 0 Å². The molecule has 5 heteroatoms. The Morgan fingerprint density at radius 3 is 2.73 bits per heavy atom. The van der Waals surface area contributed by atoms with Crippen LogP contribution in [0.2, 0.25) is 0 Å². The molecule has 1 heterocycles. The fraction of sp³-hybridized carbons (Fsp3) is 0.238. The van der Waals surface area contributed by atoms with E-state index in [1.165, 1.54) is 10.1 Å². The fourth-order valence-electron chi connectivity index (χ4n) is 3.84. The Hall–Kier alpha value is -3.08. The van der Waals surface area contributed by atoms with E-state index in [0.717, 1.165) is 24.8 Å². The van der Waals surface area contributed by atoms with Gasteiger partial charge in [0.25, 0.3) is 11.5 Å². The van der Waals surface area contributed by atoms with Gasteiger partial charge in [0.2, 0.25) is 0 Å². The molecule has 4 rings (SSSR count). The molecule has 0 aliphatic heterocycles. The second-order valence-corrected chi connectivity index (χ2v) is 6.72. The van der Waals surface area contributed by atoms with E-state index in [0.29, 0.717) is 10.9 Å². The van der Waals surface area contributed by atoms with Gasteiger partial charge in [0.1, 0.15) is 0 Å². The number of rotatable bonds is 2. The molecule has 2 aromatic carbocycles. The van der Waals surface area contributed by atoms with Gasteiger partial charge in [-0.2, -0.15) is 0 Å². The topological polar surface area (TPSA) is 71.3 Å². The van der Waals surface area contributed by atoms with Gasteiger partial charge in [-0.05, 0) is 36.5 Å². The monoisotopic (exact) mass is 348 g/mol. The summed E-state index contributed by atoms with van der Waals surface area (Å²) in [5.41, 5.74) is 2.44. The molecule has 0 saturated carbocycles. The molecule has 1 amide bonds. The van der Waals surface area contributed by atoms with E-state index in [2.05, 4.69) is 11.4 Å². The van der Waals surface area contributed by atoms with Gasteiger partial charge < -0.3 is 15.0 Å². The van der Waals surface area contributed by atoms with Gasteiger partial charge in [0.05, 0.1) is 17.1 Å². The van der Waals surface area contributed by atoms with Crippen molar-refractivity contribution in [1.82, 2.24) is 9.88 Å². The van der Waals surface area contributed by atoms with Crippen molar-refractivity contribution in [2.45, 2.75) is 25.3 Å². The molecule has 0 saturated heterocycles. The van der Waals surface area contributed by atoms with E-state index in [-0.39, 0.29) is 11.6 Å². The first-order valence-electron chi connectivity index (χ1n) is 8.77. The zero-order chi connectivity index (χ0) is 18.3. The molecule has 0 fully saturated rings. The van der Waals surface area contributed by atoms with Gasteiger partial charge in [-0.1, -0.05) is 42.5 Å². The molecule has 1 aliphatic carbocycles. The molecule has 0 radical (unpaired) electrons. The summed E-state index contributed by atoms with van der Waals surface area (Å²) in [6.07, 6.45) is 2.83. The highest BCUT2D eigenvalue weighted by Crippen LogP contribution is 2.31. The Morgan fingerprint density at radius 1 is 1.15 bits per heavy atom. The molecule has 5 nitrogen and oxygen atoms in total. The van der Waals surface area contributed by atoms with Crippen LogP contribution in [0.15, 0.2) is 53.3 Å². The number of para-hydroxylation sites is 1. The summed E-state index contributed by atoms with van der Waals surface area (Å²) >= 11 is 0. The van der Waals surface area contributed by atoms with E-state index in [1.54, 1.807) is 31.3 Å². The third-order valence-corrected chi connectivity index (χ3v) is 5.18. The molecule has 3 aromatic rings. The van der Waals surface area contributed by atoms with Crippen molar-refractivity contribution in [3.63, 3.8) is 0 Å². The predicted molar refractivity (Wildman–Crippen MR) is 100 cm³/mol. The highest BCUT2D eigenvalue weighted by molar-refractivity contribution is 6.08.